The molecule has 3 aromatic rings. The summed E-state index contributed by atoms with van der Waals surface area (Å²) in [5.74, 6) is 0.193. The lowest BCUT2D eigenvalue weighted by Crippen LogP contribution is -2.37. The van der Waals surface area contributed by atoms with Crippen LogP contribution in [-0.2, 0) is 10.0 Å². The molecule has 1 aliphatic heterocycles. The average molecular weight is 447 g/mol. The Labute approximate surface area is 179 Å². The van der Waals surface area contributed by atoms with Crippen LogP contribution in [0.5, 0.6) is 0 Å². The highest BCUT2D eigenvalue weighted by Gasteiger charge is 2.33. The molecule has 1 saturated heterocycles. The van der Waals surface area contributed by atoms with Gasteiger partial charge >= 0.3 is 0 Å². The first-order valence-electron chi connectivity index (χ1n) is 9.85. The number of furan rings is 1. The summed E-state index contributed by atoms with van der Waals surface area (Å²) < 4.78 is 51.3. The number of amides is 1. The maximum atomic E-state index is 13.1. The highest BCUT2D eigenvalue weighted by Crippen LogP contribution is 2.26. The van der Waals surface area contributed by atoms with Crippen LogP contribution in [0.1, 0.15) is 28.4 Å². The van der Waals surface area contributed by atoms with Gasteiger partial charge in [0.15, 0.2) is 11.5 Å². The van der Waals surface area contributed by atoms with Crippen molar-refractivity contribution in [2.75, 3.05) is 26.2 Å². The maximum Gasteiger partial charge on any atom is 0.289 e. The van der Waals surface area contributed by atoms with E-state index in [-0.39, 0.29) is 47.8 Å². The van der Waals surface area contributed by atoms with Crippen LogP contribution in [0.4, 0.5) is 4.39 Å². The monoisotopic (exact) mass is 447 g/mol. The lowest BCUT2D eigenvalue weighted by molar-refractivity contribution is 0.0733. The summed E-state index contributed by atoms with van der Waals surface area (Å²) in [6.07, 6.45) is 0.486. The number of benzene rings is 1. The second-order valence-electron chi connectivity index (χ2n) is 7.37. The molecule has 1 amide bonds. The van der Waals surface area contributed by atoms with E-state index < -0.39 is 10.0 Å². The van der Waals surface area contributed by atoms with Crippen molar-refractivity contribution in [3.05, 3.63) is 59.4 Å². The SMILES string of the molecule is Cc1noc(C)c1S(=O)(=O)N1CCCN(C(=O)c2ccc(-c3ccc(F)cc3)o2)CC1. The molecule has 0 aliphatic carbocycles. The molecule has 8 nitrogen and oxygen atoms in total. The number of carbonyl (C=O) groups is 1. The second-order valence-corrected chi connectivity index (χ2v) is 9.25. The predicted octanol–water partition coefficient (Wildman–Crippen LogP) is 3.23. The van der Waals surface area contributed by atoms with Gasteiger partial charge in [-0.2, -0.15) is 4.31 Å². The standard InChI is InChI=1S/C21H22FN3O5S/c1-14-20(15(2)30-23-14)31(27,28)25-11-3-10-24(12-13-25)21(26)19-9-8-18(29-19)16-4-6-17(22)7-5-16/h4-9H,3,10-13H2,1-2H3. The second kappa shape index (κ2) is 8.27. The van der Waals surface area contributed by atoms with Gasteiger partial charge in [0.05, 0.1) is 0 Å². The third-order valence-corrected chi connectivity index (χ3v) is 7.40. The van der Waals surface area contributed by atoms with Gasteiger partial charge in [0.2, 0.25) is 10.0 Å². The number of nitrogens with zero attached hydrogens (tertiary/aromatic N) is 3. The molecule has 0 saturated carbocycles. The van der Waals surface area contributed by atoms with Crippen LogP contribution in [0, 0.1) is 19.7 Å². The van der Waals surface area contributed by atoms with Gasteiger partial charge in [0.25, 0.3) is 5.91 Å². The number of carbonyl (C=O) groups excluding carboxylic acids is 1. The number of rotatable bonds is 4. The van der Waals surface area contributed by atoms with E-state index in [1.54, 1.807) is 43.0 Å². The molecule has 2 aromatic heterocycles. The predicted molar refractivity (Wildman–Crippen MR) is 109 cm³/mol. The molecule has 0 bridgehead atoms. The number of sulfonamides is 1. The van der Waals surface area contributed by atoms with E-state index in [1.165, 1.54) is 16.4 Å². The lowest BCUT2D eigenvalue weighted by Gasteiger charge is -2.21. The topological polar surface area (TPSA) is 96.9 Å². The van der Waals surface area contributed by atoms with Gasteiger partial charge in [0.1, 0.15) is 22.2 Å². The molecule has 0 atom stereocenters. The van der Waals surface area contributed by atoms with Crippen LogP contribution in [0.15, 0.2) is 50.2 Å². The van der Waals surface area contributed by atoms with E-state index in [2.05, 4.69) is 5.16 Å². The molecule has 164 valence electrons. The molecule has 31 heavy (non-hydrogen) atoms. The molecular weight excluding hydrogens is 425 g/mol. The zero-order valence-electron chi connectivity index (χ0n) is 17.2. The fraction of sp³-hybridized carbons (Fsp3) is 0.333. The molecule has 0 N–H and O–H groups in total. The zero-order chi connectivity index (χ0) is 22.2. The summed E-state index contributed by atoms with van der Waals surface area (Å²) in [7, 11) is -3.77. The van der Waals surface area contributed by atoms with Crippen molar-refractivity contribution >= 4 is 15.9 Å². The van der Waals surface area contributed by atoms with Crippen molar-refractivity contribution in [3.8, 4) is 11.3 Å². The highest BCUT2D eigenvalue weighted by atomic mass is 32.2. The van der Waals surface area contributed by atoms with Crippen LogP contribution in [0.3, 0.4) is 0 Å². The van der Waals surface area contributed by atoms with Gasteiger partial charge in [0, 0.05) is 31.7 Å². The summed E-state index contributed by atoms with van der Waals surface area (Å²) >= 11 is 0. The number of aryl methyl sites for hydroxylation is 2. The summed E-state index contributed by atoms with van der Waals surface area (Å²) in [6.45, 7) is 4.23. The average Bonchev–Trinajstić information content (AvgIpc) is 3.26. The Morgan fingerprint density at radius 3 is 2.45 bits per heavy atom. The van der Waals surface area contributed by atoms with Gasteiger partial charge in [-0.05, 0) is 56.7 Å². The summed E-state index contributed by atoms with van der Waals surface area (Å²) in [4.78, 5) is 14.6. The van der Waals surface area contributed by atoms with E-state index >= 15 is 0 Å². The quantitative estimate of drug-likeness (QED) is 0.609. The smallest absolute Gasteiger partial charge is 0.289 e. The van der Waals surface area contributed by atoms with Gasteiger partial charge in [-0.25, -0.2) is 12.8 Å². The Bertz CT molecular complexity index is 1180. The first-order valence-corrected chi connectivity index (χ1v) is 11.3. The zero-order valence-corrected chi connectivity index (χ0v) is 18.0. The van der Waals surface area contributed by atoms with Crippen molar-refractivity contribution in [2.24, 2.45) is 0 Å². The molecule has 0 spiro atoms. The van der Waals surface area contributed by atoms with Crippen molar-refractivity contribution in [2.45, 2.75) is 25.2 Å². The van der Waals surface area contributed by atoms with Crippen LogP contribution >= 0.6 is 0 Å². The Hall–Kier alpha value is -2.98. The minimum absolute atomic E-state index is 0.0854. The summed E-state index contributed by atoms with van der Waals surface area (Å²) in [5, 5.41) is 3.74. The van der Waals surface area contributed by atoms with Gasteiger partial charge < -0.3 is 13.8 Å². The summed E-state index contributed by atoms with van der Waals surface area (Å²) in [6, 6.07) is 9.03. The third-order valence-electron chi connectivity index (χ3n) is 5.25. The Balaban J connectivity index is 1.48. The van der Waals surface area contributed by atoms with Crippen molar-refractivity contribution in [1.29, 1.82) is 0 Å². The van der Waals surface area contributed by atoms with Crippen LogP contribution < -0.4 is 0 Å². The van der Waals surface area contributed by atoms with Gasteiger partial charge in [-0.15, -0.1) is 0 Å². The fourth-order valence-corrected chi connectivity index (χ4v) is 5.45. The number of hydrogen-bond acceptors (Lipinski definition) is 6. The molecular formula is C21H22FN3O5S. The van der Waals surface area contributed by atoms with E-state index in [0.717, 1.165) is 0 Å². The maximum absolute atomic E-state index is 13.1. The normalized spacial score (nSPS) is 15.8. The first-order chi connectivity index (χ1) is 14.8. The van der Waals surface area contributed by atoms with Gasteiger partial charge in [-0.3, -0.25) is 4.79 Å². The van der Waals surface area contributed by atoms with Crippen LogP contribution in [0.2, 0.25) is 0 Å². The largest absolute Gasteiger partial charge is 0.451 e. The lowest BCUT2D eigenvalue weighted by atomic mass is 10.2. The molecule has 10 heteroatoms. The number of aromatic nitrogens is 1. The van der Waals surface area contributed by atoms with E-state index in [4.69, 9.17) is 8.94 Å². The highest BCUT2D eigenvalue weighted by molar-refractivity contribution is 7.89. The molecule has 1 aliphatic rings. The number of hydrogen-bond donors (Lipinski definition) is 0. The Kier molecular flexibility index (Phi) is 5.67. The van der Waals surface area contributed by atoms with Crippen molar-refractivity contribution < 1.29 is 26.5 Å². The minimum Gasteiger partial charge on any atom is -0.451 e. The molecule has 1 fully saturated rings. The fourth-order valence-electron chi connectivity index (χ4n) is 3.69. The Morgan fingerprint density at radius 2 is 1.77 bits per heavy atom. The van der Waals surface area contributed by atoms with E-state index in [0.29, 0.717) is 30.0 Å². The molecule has 0 unspecified atom stereocenters. The third kappa shape index (κ3) is 4.13. The van der Waals surface area contributed by atoms with Crippen LogP contribution in [0.25, 0.3) is 11.3 Å². The van der Waals surface area contributed by atoms with E-state index in [9.17, 15) is 17.6 Å². The first kappa shape index (κ1) is 21.3. The van der Waals surface area contributed by atoms with Crippen molar-refractivity contribution in [1.82, 2.24) is 14.4 Å². The van der Waals surface area contributed by atoms with Gasteiger partial charge in [-0.1, -0.05) is 5.16 Å². The Morgan fingerprint density at radius 1 is 1.03 bits per heavy atom. The molecule has 1 aromatic carbocycles. The summed E-state index contributed by atoms with van der Waals surface area (Å²) in [5.41, 5.74) is 0.978. The number of halogens is 1. The van der Waals surface area contributed by atoms with Crippen molar-refractivity contribution in [3.63, 3.8) is 0 Å². The molecule has 4 rings (SSSR count). The molecule has 3 heterocycles. The minimum atomic E-state index is -3.77. The van der Waals surface area contributed by atoms with Crippen LogP contribution in [-0.4, -0.2) is 54.9 Å². The molecule has 0 radical (unpaired) electrons. The van der Waals surface area contributed by atoms with E-state index in [1.807, 2.05) is 0 Å².